The minimum absolute atomic E-state index is 0.0661. The molecule has 0 saturated heterocycles. The van der Waals surface area contributed by atoms with Crippen molar-refractivity contribution in [3.05, 3.63) is 47.3 Å². The van der Waals surface area contributed by atoms with Crippen molar-refractivity contribution in [1.29, 1.82) is 0 Å². The number of amides is 3. The van der Waals surface area contributed by atoms with E-state index >= 15 is 0 Å². The zero-order valence-electron chi connectivity index (χ0n) is 15.8. The maximum atomic E-state index is 13.0. The Kier molecular flexibility index (Phi) is 6.11. The fraction of sp³-hybridized carbons (Fsp3) is 0.450. The Labute approximate surface area is 159 Å². The van der Waals surface area contributed by atoms with E-state index < -0.39 is 6.03 Å². The number of nitrogens with zero attached hydrogens (tertiary/aromatic N) is 2. The molecule has 2 aromatic rings. The summed E-state index contributed by atoms with van der Waals surface area (Å²) in [6.45, 7) is 2.04. The molecule has 1 saturated carbocycles. The van der Waals surface area contributed by atoms with Gasteiger partial charge in [-0.1, -0.05) is 36.6 Å². The van der Waals surface area contributed by atoms with Gasteiger partial charge in [0.15, 0.2) is 5.76 Å². The average molecular weight is 370 g/mol. The highest BCUT2D eigenvalue weighted by Crippen LogP contribution is 2.25. The van der Waals surface area contributed by atoms with Crippen molar-refractivity contribution in [2.45, 2.75) is 51.6 Å². The van der Waals surface area contributed by atoms with Crippen molar-refractivity contribution in [2.24, 2.45) is 0 Å². The van der Waals surface area contributed by atoms with Crippen LogP contribution in [0, 0.1) is 6.92 Å². The molecule has 0 radical (unpaired) electrons. The van der Waals surface area contributed by atoms with Gasteiger partial charge < -0.3 is 20.1 Å². The minimum atomic E-state index is -0.398. The van der Waals surface area contributed by atoms with Crippen molar-refractivity contribution in [1.82, 2.24) is 15.4 Å². The van der Waals surface area contributed by atoms with Gasteiger partial charge in [-0.15, -0.1) is 0 Å². The summed E-state index contributed by atoms with van der Waals surface area (Å²) in [6, 6.07) is 8.72. The number of carbonyl (C=O) groups excluding carboxylic acids is 2. The van der Waals surface area contributed by atoms with E-state index in [-0.39, 0.29) is 18.5 Å². The van der Waals surface area contributed by atoms with Gasteiger partial charge >= 0.3 is 6.03 Å². The molecule has 1 aromatic carbocycles. The van der Waals surface area contributed by atoms with Gasteiger partial charge in [-0.3, -0.25) is 4.79 Å². The first-order valence-corrected chi connectivity index (χ1v) is 9.38. The molecule has 0 unspecified atom stereocenters. The number of aryl methyl sites for hydroxylation is 1. The van der Waals surface area contributed by atoms with Crippen LogP contribution in [0.15, 0.2) is 34.9 Å². The quantitative estimate of drug-likeness (QED) is 0.840. The van der Waals surface area contributed by atoms with Gasteiger partial charge in [0, 0.05) is 19.2 Å². The molecule has 144 valence electrons. The lowest BCUT2D eigenvalue weighted by atomic mass is 9.94. The third-order valence-corrected chi connectivity index (χ3v) is 4.95. The summed E-state index contributed by atoms with van der Waals surface area (Å²) in [6.07, 6.45) is 5.63. The molecule has 0 aliphatic heterocycles. The highest BCUT2D eigenvalue weighted by Gasteiger charge is 2.24. The van der Waals surface area contributed by atoms with Gasteiger partial charge in [-0.25, -0.2) is 4.79 Å². The van der Waals surface area contributed by atoms with Crippen molar-refractivity contribution < 1.29 is 14.1 Å². The Morgan fingerprint density at radius 2 is 1.96 bits per heavy atom. The number of carbonyl (C=O) groups is 2. The third kappa shape index (κ3) is 4.87. The summed E-state index contributed by atoms with van der Waals surface area (Å²) >= 11 is 0. The van der Waals surface area contributed by atoms with Crippen LogP contribution in [0.1, 0.15) is 53.9 Å². The summed E-state index contributed by atoms with van der Waals surface area (Å²) in [5.41, 5.74) is 1.75. The number of hydrogen-bond acceptors (Lipinski definition) is 4. The molecule has 1 fully saturated rings. The lowest BCUT2D eigenvalue weighted by Crippen LogP contribution is -2.39. The van der Waals surface area contributed by atoms with Crippen LogP contribution >= 0.6 is 0 Å². The highest BCUT2D eigenvalue weighted by molar-refractivity contribution is 6.03. The molecule has 3 amide bonds. The second-order valence-corrected chi connectivity index (χ2v) is 7.00. The topological polar surface area (TPSA) is 87.5 Å². The predicted octanol–water partition coefficient (Wildman–Crippen LogP) is 3.71. The monoisotopic (exact) mass is 370 g/mol. The van der Waals surface area contributed by atoms with Crippen LogP contribution in [0.2, 0.25) is 0 Å². The molecule has 0 atom stereocenters. The minimum Gasteiger partial charge on any atom is -0.359 e. The fourth-order valence-corrected chi connectivity index (χ4v) is 3.44. The molecular weight excluding hydrogens is 344 g/mol. The molecule has 1 heterocycles. The normalized spacial score (nSPS) is 14.6. The Hall–Kier alpha value is -2.83. The number of nitrogens with one attached hydrogen (secondary N) is 2. The molecule has 0 spiro atoms. The van der Waals surface area contributed by atoms with E-state index in [1.165, 1.54) is 6.42 Å². The summed E-state index contributed by atoms with van der Waals surface area (Å²) in [7, 11) is 1.85. The van der Waals surface area contributed by atoms with E-state index in [0.717, 1.165) is 31.4 Å². The van der Waals surface area contributed by atoms with Gasteiger partial charge in [0.2, 0.25) is 0 Å². The zero-order chi connectivity index (χ0) is 19.2. The van der Waals surface area contributed by atoms with Crippen molar-refractivity contribution in [2.75, 3.05) is 12.4 Å². The summed E-state index contributed by atoms with van der Waals surface area (Å²) in [5.74, 6) is 0.507. The van der Waals surface area contributed by atoms with Crippen molar-refractivity contribution in [3.63, 3.8) is 0 Å². The SMILES string of the molecule is Cc1cc(CNC(=O)Nc2ccccc2C(=O)N(C)C2CCCCC2)on1. The molecule has 7 heteroatoms. The number of anilines is 1. The Morgan fingerprint density at radius 3 is 2.67 bits per heavy atom. The molecule has 1 aliphatic carbocycles. The van der Waals surface area contributed by atoms with Crippen LogP contribution in [0.25, 0.3) is 0 Å². The van der Waals surface area contributed by atoms with Crippen molar-refractivity contribution in [3.8, 4) is 0 Å². The van der Waals surface area contributed by atoms with Gasteiger partial charge in [0.25, 0.3) is 5.91 Å². The predicted molar refractivity (Wildman–Crippen MR) is 103 cm³/mol. The summed E-state index contributed by atoms with van der Waals surface area (Å²) < 4.78 is 5.07. The van der Waals surface area contributed by atoms with Crippen molar-refractivity contribution >= 4 is 17.6 Å². The van der Waals surface area contributed by atoms with Gasteiger partial charge in [0.05, 0.1) is 23.5 Å². The number of para-hydroxylation sites is 1. The van der Waals surface area contributed by atoms with E-state index in [9.17, 15) is 9.59 Å². The molecule has 7 nitrogen and oxygen atoms in total. The molecule has 3 rings (SSSR count). The molecule has 1 aromatic heterocycles. The Balaban J connectivity index is 1.64. The van der Waals surface area contributed by atoms with Crippen LogP contribution < -0.4 is 10.6 Å². The first-order valence-electron chi connectivity index (χ1n) is 9.38. The summed E-state index contributed by atoms with van der Waals surface area (Å²) in [5, 5.41) is 9.26. The van der Waals surface area contributed by atoms with Gasteiger partial charge in [-0.05, 0) is 31.9 Å². The van der Waals surface area contributed by atoms with Gasteiger partial charge in [0.1, 0.15) is 0 Å². The number of hydrogen-bond donors (Lipinski definition) is 2. The Morgan fingerprint density at radius 1 is 1.22 bits per heavy atom. The fourth-order valence-electron chi connectivity index (χ4n) is 3.44. The molecule has 0 bridgehead atoms. The largest absolute Gasteiger partial charge is 0.359 e. The molecular formula is C20H26N4O3. The van der Waals surface area contributed by atoms with E-state index in [0.29, 0.717) is 17.0 Å². The van der Waals surface area contributed by atoms with Gasteiger partial charge in [-0.2, -0.15) is 0 Å². The molecule has 1 aliphatic rings. The second kappa shape index (κ2) is 8.70. The second-order valence-electron chi connectivity index (χ2n) is 7.00. The summed E-state index contributed by atoms with van der Waals surface area (Å²) in [4.78, 5) is 27.0. The number of aromatic nitrogens is 1. The molecule has 2 N–H and O–H groups in total. The van der Waals surface area contributed by atoms with Crippen LogP contribution in [0.5, 0.6) is 0 Å². The van der Waals surface area contributed by atoms with E-state index in [2.05, 4.69) is 15.8 Å². The highest BCUT2D eigenvalue weighted by atomic mass is 16.5. The standard InChI is InChI=1S/C20H26N4O3/c1-14-12-16(27-23-14)13-21-20(26)22-18-11-7-6-10-17(18)19(25)24(2)15-8-4-3-5-9-15/h6-7,10-12,15H,3-5,8-9,13H2,1-2H3,(H2,21,22,26). The first-order chi connectivity index (χ1) is 13.0. The van der Waals surface area contributed by atoms with Crippen LogP contribution in [0.3, 0.4) is 0 Å². The lowest BCUT2D eigenvalue weighted by Gasteiger charge is -2.31. The van der Waals surface area contributed by atoms with E-state index in [4.69, 9.17) is 4.52 Å². The van der Waals surface area contributed by atoms with Crippen LogP contribution in [-0.2, 0) is 6.54 Å². The number of rotatable bonds is 5. The van der Waals surface area contributed by atoms with E-state index in [1.54, 1.807) is 24.3 Å². The smallest absolute Gasteiger partial charge is 0.319 e. The maximum Gasteiger partial charge on any atom is 0.319 e. The van der Waals surface area contributed by atoms with E-state index in [1.807, 2.05) is 24.9 Å². The maximum absolute atomic E-state index is 13.0. The lowest BCUT2D eigenvalue weighted by molar-refractivity contribution is 0.0697. The van der Waals surface area contributed by atoms with Crippen LogP contribution in [-0.4, -0.2) is 35.1 Å². The van der Waals surface area contributed by atoms with Crippen LogP contribution in [0.4, 0.5) is 10.5 Å². The number of urea groups is 1. The number of benzene rings is 1. The third-order valence-electron chi connectivity index (χ3n) is 4.95. The first kappa shape index (κ1) is 18.9. The Bertz CT molecular complexity index is 796. The zero-order valence-corrected chi connectivity index (χ0v) is 15.8. The molecule has 27 heavy (non-hydrogen) atoms. The average Bonchev–Trinajstić information content (AvgIpc) is 3.11.